The number of amides is 1. The Morgan fingerprint density at radius 1 is 1.24 bits per heavy atom. The standard InChI is InChI=1S/C16H16N4O/c17-9-5-6-12-10(7-9)11(16(21)20-12)8-15-18-13-3-1-2-4-14(13)19-15/h5-8H,1-4,17H2,(H,18,19)(H,20,21). The fraction of sp³-hybridized carbons (Fsp3) is 0.250. The number of aryl methyl sites for hydroxylation is 2. The first-order valence-electron chi connectivity index (χ1n) is 7.21. The molecule has 1 aliphatic carbocycles. The predicted molar refractivity (Wildman–Crippen MR) is 82.6 cm³/mol. The summed E-state index contributed by atoms with van der Waals surface area (Å²) >= 11 is 0. The van der Waals surface area contributed by atoms with Crippen LogP contribution in [0.4, 0.5) is 11.4 Å². The van der Waals surface area contributed by atoms with E-state index in [-0.39, 0.29) is 5.91 Å². The van der Waals surface area contributed by atoms with E-state index in [1.807, 2.05) is 18.2 Å². The zero-order chi connectivity index (χ0) is 14.4. The van der Waals surface area contributed by atoms with Gasteiger partial charge in [0, 0.05) is 22.6 Å². The lowest BCUT2D eigenvalue weighted by Gasteiger charge is -2.07. The number of H-pyrrole nitrogens is 1. The molecule has 4 N–H and O–H groups in total. The number of carbonyl (C=O) groups excluding carboxylic acids is 1. The van der Waals surface area contributed by atoms with Crippen molar-refractivity contribution in [3.63, 3.8) is 0 Å². The fourth-order valence-electron chi connectivity index (χ4n) is 3.03. The Kier molecular flexibility index (Phi) is 2.60. The van der Waals surface area contributed by atoms with Gasteiger partial charge in [0.15, 0.2) is 0 Å². The van der Waals surface area contributed by atoms with Crippen molar-refractivity contribution < 1.29 is 4.79 Å². The normalized spacial score (nSPS) is 18.5. The predicted octanol–water partition coefficient (Wildman–Crippen LogP) is 2.36. The topological polar surface area (TPSA) is 83.8 Å². The van der Waals surface area contributed by atoms with Crippen molar-refractivity contribution in [3.8, 4) is 0 Å². The van der Waals surface area contributed by atoms with E-state index in [0.717, 1.165) is 35.6 Å². The van der Waals surface area contributed by atoms with Crippen LogP contribution in [0.25, 0.3) is 11.6 Å². The minimum atomic E-state index is -0.107. The van der Waals surface area contributed by atoms with Crippen LogP contribution in [-0.2, 0) is 17.6 Å². The van der Waals surface area contributed by atoms with Gasteiger partial charge in [0.1, 0.15) is 5.82 Å². The molecule has 1 aliphatic heterocycles. The maximum atomic E-state index is 12.1. The number of benzene rings is 1. The zero-order valence-electron chi connectivity index (χ0n) is 11.6. The Morgan fingerprint density at radius 3 is 2.95 bits per heavy atom. The molecule has 2 heterocycles. The SMILES string of the molecule is Nc1ccc2c(c1)C(=Cc1nc3c([nH]1)CCCC3)C(=O)N2. The highest BCUT2D eigenvalue weighted by molar-refractivity contribution is 6.34. The zero-order valence-corrected chi connectivity index (χ0v) is 11.6. The van der Waals surface area contributed by atoms with Gasteiger partial charge < -0.3 is 16.0 Å². The highest BCUT2D eigenvalue weighted by atomic mass is 16.2. The van der Waals surface area contributed by atoms with E-state index in [4.69, 9.17) is 5.73 Å². The molecule has 0 spiro atoms. The Hall–Kier alpha value is -2.56. The fourth-order valence-corrected chi connectivity index (χ4v) is 3.03. The van der Waals surface area contributed by atoms with Gasteiger partial charge in [0.25, 0.3) is 5.91 Å². The van der Waals surface area contributed by atoms with Crippen molar-refractivity contribution >= 4 is 28.9 Å². The summed E-state index contributed by atoms with van der Waals surface area (Å²) in [6, 6.07) is 5.44. The second-order valence-corrected chi connectivity index (χ2v) is 5.57. The number of nitrogen functional groups attached to an aromatic ring is 1. The number of imidazole rings is 1. The number of aromatic amines is 1. The second-order valence-electron chi connectivity index (χ2n) is 5.57. The number of anilines is 2. The number of nitrogens with zero attached hydrogens (tertiary/aromatic N) is 1. The summed E-state index contributed by atoms with van der Waals surface area (Å²) in [5, 5.41) is 2.85. The van der Waals surface area contributed by atoms with Gasteiger partial charge in [-0.1, -0.05) is 0 Å². The molecule has 5 nitrogen and oxygen atoms in total. The van der Waals surface area contributed by atoms with Crippen molar-refractivity contribution in [2.24, 2.45) is 0 Å². The first kappa shape index (κ1) is 12.2. The third-order valence-electron chi connectivity index (χ3n) is 4.08. The molecular formula is C16H16N4O. The smallest absolute Gasteiger partial charge is 0.256 e. The number of aromatic nitrogens is 2. The maximum Gasteiger partial charge on any atom is 0.256 e. The van der Waals surface area contributed by atoms with Crippen LogP contribution in [0.3, 0.4) is 0 Å². The molecule has 4 rings (SSSR count). The molecule has 5 heteroatoms. The van der Waals surface area contributed by atoms with Gasteiger partial charge in [-0.25, -0.2) is 4.98 Å². The molecule has 2 aliphatic rings. The average molecular weight is 280 g/mol. The summed E-state index contributed by atoms with van der Waals surface area (Å²) in [4.78, 5) is 20.1. The third kappa shape index (κ3) is 2.01. The molecule has 0 unspecified atom stereocenters. The van der Waals surface area contributed by atoms with E-state index < -0.39 is 0 Å². The molecular weight excluding hydrogens is 264 g/mol. The Balaban J connectivity index is 1.78. The van der Waals surface area contributed by atoms with Gasteiger partial charge in [-0.15, -0.1) is 0 Å². The summed E-state index contributed by atoms with van der Waals surface area (Å²) in [7, 11) is 0. The molecule has 1 aromatic carbocycles. The van der Waals surface area contributed by atoms with Gasteiger partial charge in [0.2, 0.25) is 0 Å². The lowest BCUT2D eigenvalue weighted by Crippen LogP contribution is -2.03. The first-order valence-corrected chi connectivity index (χ1v) is 7.21. The summed E-state index contributed by atoms with van der Waals surface area (Å²) in [5.74, 6) is 0.646. The minimum Gasteiger partial charge on any atom is -0.399 e. The molecule has 106 valence electrons. The van der Waals surface area contributed by atoms with E-state index in [1.54, 1.807) is 6.07 Å². The summed E-state index contributed by atoms with van der Waals surface area (Å²) in [6.45, 7) is 0. The van der Waals surface area contributed by atoms with Gasteiger partial charge in [-0.3, -0.25) is 4.79 Å². The molecule has 0 saturated carbocycles. The maximum absolute atomic E-state index is 12.1. The average Bonchev–Trinajstić information content (AvgIpc) is 3.01. The quantitative estimate of drug-likeness (QED) is 0.554. The number of fused-ring (bicyclic) bond motifs is 2. The van der Waals surface area contributed by atoms with Crippen LogP contribution >= 0.6 is 0 Å². The lowest BCUT2D eigenvalue weighted by molar-refractivity contribution is -0.110. The Morgan fingerprint density at radius 2 is 2.10 bits per heavy atom. The van der Waals surface area contributed by atoms with E-state index in [0.29, 0.717) is 11.3 Å². The van der Waals surface area contributed by atoms with Crippen LogP contribution < -0.4 is 11.1 Å². The summed E-state index contributed by atoms with van der Waals surface area (Å²) in [6.07, 6.45) is 6.27. The van der Waals surface area contributed by atoms with Crippen molar-refractivity contribution in [1.29, 1.82) is 0 Å². The van der Waals surface area contributed by atoms with E-state index in [2.05, 4.69) is 15.3 Å². The van der Waals surface area contributed by atoms with Crippen LogP contribution in [0.5, 0.6) is 0 Å². The number of rotatable bonds is 1. The number of nitrogens with one attached hydrogen (secondary N) is 2. The van der Waals surface area contributed by atoms with Crippen molar-refractivity contribution in [2.45, 2.75) is 25.7 Å². The molecule has 1 aromatic heterocycles. The van der Waals surface area contributed by atoms with Crippen LogP contribution in [0, 0.1) is 0 Å². The number of nitrogens with two attached hydrogens (primary N) is 1. The van der Waals surface area contributed by atoms with Crippen molar-refractivity contribution in [2.75, 3.05) is 11.1 Å². The minimum absolute atomic E-state index is 0.107. The van der Waals surface area contributed by atoms with E-state index >= 15 is 0 Å². The van der Waals surface area contributed by atoms with Crippen LogP contribution in [0.1, 0.15) is 35.6 Å². The van der Waals surface area contributed by atoms with Crippen LogP contribution in [0.2, 0.25) is 0 Å². The number of carbonyl (C=O) groups is 1. The highest BCUT2D eigenvalue weighted by Gasteiger charge is 2.25. The van der Waals surface area contributed by atoms with E-state index in [9.17, 15) is 4.79 Å². The molecule has 0 fully saturated rings. The lowest BCUT2D eigenvalue weighted by atomic mass is 10.0. The summed E-state index contributed by atoms with van der Waals surface area (Å²) in [5.41, 5.74) is 11.1. The molecule has 0 saturated heterocycles. The number of hydrogen-bond donors (Lipinski definition) is 3. The monoisotopic (exact) mass is 280 g/mol. The largest absolute Gasteiger partial charge is 0.399 e. The highest BCUT2D eigenvalue weighted by Crippen LogP contribution is 2.34. The molecule has 21 heavy (non-hydrogen) atoms. The van der Waals surface area contributed by atoms with E-state index in [1.165, 1.54) is 18.5 Å². The first-order chi connectivity index (χ1) is 10.2. The van der Waals surface area contributed by atoms with Gasteiger partial charge >= 0.3 is 0 Å². The van der Waals surface area contributed by atoms with Crippen LogP contribution in [-0.4, -0.2) is 15.9 Å². The molecule has 0 bridgehead atoms. The molecule has 0 radical (unpaired) electrons. The third-order valence-corrected chi connectivity index (χ3v) is 4.08. The number of hydrogen-bond acceptors (Lipinski definition) is 3. The van der Waals surface area contributed by atoms with Gasteiger partial charge in [-0.05, 0) is 50.0 Å². The van der Waals surface area contributed by atoms with Crippen molar-refractivity contribution in [1.82, 2.24) is 9.97 Å². The Labute approximate surface area is 122 Å². The van der Waals surface area contributed by atoms with Gasteiger partial charge in [-0.2, -0.15) is 0 Å². The summed E-state index contributed by atoms with van der Waals surface area (Å²) < 4.78 is 0. The van der Waals surface area contributed by atoms with Crippen LogP contribution in [0.15, 0.2) is 18.2 Å². The molecule has 0 atom stereocenters. The Bertz CT molecular complexity index is 749. The molecule has 2 aromatic rings. The van der Waals surface area contributed by atoms with Gasteiger partial charge in [0.05, 0.1) is 11.3 Å². The second kappa shape index (κ2) is 4.48. The molecule has 1 amide bonds. The van der Waals surface area contributed by atoms with Crippen molar-refractivity contribution in [3.05, 3.63) is 41.0 Å².